The molecule has 0 aliphatic heterocycles. The van der Waals surface area contributed by atoms with E-state index in [1.165, 1.54) is 0 Å². The van der Waals surface area contributed by atoms with E-state index in [1.807, 2.05) is 19.9 Å². The number of aryl methyl sites for hydroxylation is 2. The molecule has 0 spiro atoms. The summed E-state index contributed by atoms with van der Waals surface area (Å²) in [6, 6.07) is 5.56. The molecule has 0 radical (unpaired) electrons. The van der Waals surface area contributed by atoms with Crippen LogP contribution >= 0.6 is 15.9 Å². The second kappa shape index (κ2) is 5.31. The third-order valence-corrected chi connectivity index (χ3v) is 5.65. The zero-order valence-electron chi connectivity index (χ0n) is 10.7. The molecule has 1 fully saturated rings. The van der Waals surface area contributed by atoms with Crippen LogP contribution < -0.4 is 0 Å². The van der Waals surface area contributed by atoms with Crippen LogP contribution in [0.3, 0.4) is 0 Å². The van der Waals surface area contributed by atoms with Gasteiger partial charge >= 0.3 is 0 Å². The average Bonchev–Trinajstić information content (AvgIpc) is 3.13. The Morgan fingerprint density at radius 1 is 1.28 bits per heavy atom. The van der Waals surface area contributed by atoms with E-state index in [9.17, 15) is 8.42 Å². The Balaban J connectivity index is 2.36. The van der Waals surface area contributed by atoms with Gasteiger partial charge in [-0.1, -0.05) is 22.0 Å². The van der Waals surface area contributed by atoms with E-state index in [0.29, 0.717) is 16.8 Å². The summed E-state index contributed by atoms with van der Waals surface area (Å²) in [4.78, 5) is 0.415. The summed E-state index contributed by atoms with van der Waals surface area (Å²) in [6.45, 7) is 4.48. The predicted molar refractivity (Wildman–Crippen MR) is 76.6 cm³/mol. The molecule has 0 heterocycles. The summed E-state index contributed by atoms with van der Waals surface area (Å²) in [6.07, 6.45) is 1.97. The van der Waals surface area contributed by atoms with Gasteiger partial charge < -0.3 is 0 Å². The van der Waals surface area contributed by atoms with Crippen molar-refractivity contribution < 1.29 is 8.42 Å². The lowest BCUT2D eigenvalue weighted by Gasteiger charge is -2.21. The molecule has 0 aromatic heterocycles. The number of hydrogen-bond acceptors (Lipinski definition) is 2. The van der Waals surface area contributed by atoms with Crippen molar-refractivity contribution in [3.8, 4) is 0 Å². The van der Waals surface area contributed by atoms with Crippen molar-refractivity contribution in [2.24, 2.45) is 0 Å². The first-order valence-corrected chi connectivity index (χ1v) is 8.68. The van der Waals surface area contributed by atoms with Crippen molar-refractivity contribution in [2.45, 2.75) is 37.6 Å². The van der Waals surface area contributed by atoms with Crippen molar-refractivity contribution in [2.75, 3.05) is 11.9 Å². The molecule has 3 nitrogen and oxygen atoms in total. The van der Waals surface area contributed by atoms with Crippen LogP contribution in [0.15, 0.2) is 23.1 Å². The van der Waals surface area contributed by atoms with Gasteiger partial charge in [-0.05, 0) is 49.9 Å². The largest absolute Gasteiger partial charge is 0.243 e. The molecule has 1 saturated carbocycles. The highest BCUT2D eigenvalue weighted by Gasteiger charge is 2.37. The molecule has 0 saturated heterocycles. The van der Waals surface area contributed by atoms with E-state index in [0.717, 1.165) is 24.0 Å². The number of alkyl halides is 1. The maximum absolute atomic E-state index is 12.6. The number of hydrogen-bond donors (Lipinski definition) is 0. The zero-order chi connectivity index (χ0) is 13.3. The molecule has 18 heavy (non-hydrogen) atoms. The fourth-order valence-corrected chi connectivity index (χ4v) is 4.34. The molecule has 5 heteroatoms. The molecule has 1 aromatic carbocycles. The smallest absolute Gasteiger partial charge is 0.207 e. The van der Waals surface area contributed by atoms with E-state index in [-0.39, 0.29) is 6.04 Å². The summed E-state index contributed by atoms with van der Waals surface area (Å²) < 4.78 is 26.8. The third-order valence-electron chi connectivity index (χ3n) is 3.34. The summed E-state index contributed by atoms with van der Waals surface area (Å²) >= 11 is 3.33. The minimum Gasteiger partial charge on any atom is -0.207 e. The molecule has 1 aliphatic carbocycles. The SMILES string of the molecule is Cc1ccc(S(=O)(=O)N(CCBr)C2CC2)cc1C. The molecule has 0 amide bonds. The van der Waals surface area contributed by atoms with Crippen LogP contribution in [0.1, 0.15) is 24.0 Å². The standard InChI is InChI=1S/C13H18BrNO2S/c1-10-3-6-13(9-11(10)2)18(16,17)15(8-7-14)12-4-5-12/h3,6,9,12H,4-5,7-8H2,1-2H3. The number of benzene rings is 1. The number of rotatable bonds is 5. The Morgan fingerprint density at radius 2 is 1.94 bits per heavy atom. The van der Waals surface area contributed by atoms with E-state index < -0.39 is 10.0 Å². The van der Waals surface area contributed by atoms with Crippen molar-refractivity contribution in [1.82, 2.24) is 4.31 Å². The lowest BCUT2D eigenvalue weighted by atomic mass is 10.1. The number of nitrogens with zero attached hydrogens (tertiary/aromatic N) is 1. The summed E-state index contributed by atoms with van der Waals surface area (Å²) in [7, 11) is -3.34. The van der Waals surface area contributed by atoms with Gasteiger partial charge in [0.15, 0.2) is 0 Å². The molecule has 2 rings (SSSR count). The van der Waals surface area contributed by atoms with Gasteiger partial charge in [0, 0.05) is 17.9 Å². The van der Waals surface area contributed by atoms with Gasteiger partial charge in [-0.3, -0.25) is 0 Å². The van der Waals surface area contributed by atoms with Crippen molar-refractivity contribution in [3.05, 3.63) is 29.3 Å². The molecule has 100 valence electrons. The first-order valence-electron chi connectivity index (χ1n) is 6.12. The van der Waals surface area contributed by atoms with Crippen LogP contribution in [0.5, 0.6) is 0 Å². The Hall–Kier alpha value is -0.390. The molecule has 0 bridgehead atoms. The zero-order valence-corrected chi connectivity index (χ0v) is 13.1. The number of halogens is 1. The summed E-state index contributed by atoms with van der Waals surface area (Å²) in [5.74, 6) is 0. The second-order valence-electron chi connectivity index (χ2n) is 4.78. The van der Waals surface area contributed by atoms with E-state index in [2.05, 4.69) is 15.9 Å². The second-order valence-corrected chi connectivity index (χ2v) is 7.47. The average molecular weight is 332 g/mol. The van der Waals surface area contributed by atoms with Crippen molar-refractivity contribution >= 4 is 26.0 Å². The van der Waals surface area contributed by atoms with Crippen molar-refractivity contribution in [1.29, 1.82) is 0 Å². The van der Waals surface area contributed by atoms with E-state index in [4.69, 9.17) is 0 Å². The van der Waals surface area contributed by atoms with Gasteiger partial charge in [0.1, 0.15) is 0 Å². The molecule has 0 atom stereocenters. The highest BCUT2D eigenvalue weighted by atomic mass is 79.9. The van der Waals surface area contributed by atoms with Gasteiger partial charge in [-0.25, -0.2) is 8.42 Å². The van der Waals surface area contributed by atoms with Gasteiger partial charge in [0.05, 0.1) is 4.90 Å². The Morgan fingerprint density at radius 3 is 2.44 bits per heavy atom. The lowest BCUT2D eigenvalue weighted by Crippen LogP contribution is -2.34. The quantitative estimate of drug-likeness (QED) is 0.778. The van der Waals surface area contributed by atoms with Crippen LogP contribution in [0.4, 0.5) is 0 Å². The topological polar surface area (TPSA) is 37.4 Å². The molecule has 1 aliphatic rings. The first kappa shape index (κ1) is 14.0. The fraction of sp³-hybridized carbons (Fsp3) is 0.538. The van der Waals surface area contributed by atoms with E-state index >= 15 is 0 Å². The van der Waals surface area contributed by atoms with Crippen LogP contribution in [-0.2, 0) is 10.0 Å². The highest BCUT2D eigenvalue weighted by molar-refractivity contribution is 9.09. The maximum atomic E-state index is 12.6. The minimum absolute atomic E-state index is 0.203. The molecule has 0 unspecified atom stereocenters. The predicted octanol–water partition coefficient (Wildman–Crippen LogP) is 2.85. The maximum Gasteiger partial charge on any atom is 0.243 e. The molecular formula is C13H18BrNO2S. The minimum atomic E-state index is -3.34. The summed E-state index contributed by atoms with van der Waals surface area (Å²) in [5.41, 5.74) is 2.14. The lowest BCUT2D eigenvalue weighted by molar-refractivity contribution is 0.424. The monoisotopic (exact) mass is 331 g/mol. The normalized spacial score (nSPS) is 16.2. The first-order chi connectivity index (χ1) is 8.46. The Bertz CT molecular complexity index is 538. The Labute approximate surface area is 117 Å². The highest BCUT2D eigenvalue weighted by Crippen LogP contribution is 2.32. The van der Waals surface area contributed by atoms with Gasteiger partial charge in [0.2, 0.25) is 10.0 Å². The molecule has 0 N–H and O–H groups in total. The Kier molecular flexibility index (Phi) is 4.14. The summed E-state index contributed by atoms with van der Waals surface area (Å²) in [5, 5.41) is 0.674. The third kappa shape index (κ3) is 2.78. The molecule has 1 aromatic rings. The van der Waals surface area contributed by atoms with Crippen LogP contribution in [-0.4, -0.2) is 30.6 Å². The molecular weight excluding hydrogens is 314 g/mol. The van der Waals surface area contributed by atoms with Gasteiger partial charge in [-0.2, -0.15) is 4.31 Å². The van der Waals surface area contributed by atoms with Crippen LogP contribution in [0.2, 0.25) is 0 Å². The number of sulfonamides is 1. The van der Waals surface area contributed by atoms with Crippen molar-refractivity contribution in [3.63, 3.8) is 0 Å². The van der Waals surface area contributed by atoms with Gasteiger partial charge in [-0.15, -0.1) is 0 Å². The van der Waals surface area contributed by atoms with Gasteiger partial charge in [0.25, 0.3) is 0 Å². The van der Waals surface area contributed by atoms with Crippen LogP contribution in [0.25, 0.3) is 0 Å². The van der Waals surface area contributed by atoms with E-state index in [1.54, 1.807) is 16.4 Å². The fourth-order valence-electron chi connectivity index (χ4n) is 1.95. The van der Waals surface area contributed by atoms with Crippen LogP contribution in [0, 0.1) is 13.8 Å².